The fourth-order valence-electron chi connectivity index (χ4n) is 3.14. The summed E-state index contributed by atoms with van der Waals surface area (Å²) in [4.78, 5) is 12.6. The molecule has 126 valence electrons. The van der Waals surface area contributed by atoms with E-state index in [4.69, 9.17) is 0 Å². The SMILES string of the molecule is Cc1ccc(/C(CC2NC(=O)c3ccsc3-n3cccc32)=N/O)cc1. The third kappa shape index (κ3) is 2.74. The van der Waals surface area contributed by atoms with Crippen molar-refractivity contribution < 1.29 is 10.0 Å². The Hall–Kier alpha value is -2.86. The summed E-state index contributed by atoms with van der Waals surface area (Å²) in [6, 6.07) is 13.3. The summed E-state index contributed by atoms with van der Waals surface area (Å²) in [6.45, 7) is 2.01. The lowest BCUT2D eigenvalue weighted by Crippen LogP contribution is -2.29. The van der Waals surface area contributed by atoms with Crippen molar-refractivity contribution in [2.24, 2.45) is 5.16 Å². The van der Waals surface area contributed by atoms with Crippen molar-refractivity contribution in [3.63, 3.8) is 0 Å². The van der Waals surface area contributed by atoms with Crippen LogP contribution in [0, 0.1) is 6.92 Å². The third-order valence-electron chi connectivity index (χ3n) is 4.45. The Morgan fingerprint density at radius 1 is 1.28 bits per heavy atom. The zero-order chi connectivity index (χ0) is 17.4. The quantitative estimate of drug-likeness (QED) is 0.427. The number of nitrogens with zero attached hydrogens (tertiary/aromatic N) is 2. The molecule has 0 fully saturated rings. The lowest BCUT2D eigenvalue weighted by Gasteiger charge is -2.18. The Morgan fingerprint density at radius 2 is 2.08 bits per heavy atom. The van der Waals surface area contributed by atoms with Crippen molar-refractivity contribution in [2.45, 2.75) is 19.4 Å². The average Bonchev–Trinajstić information content (AvgIpc) is 3.26. The van der Waals surface area contributed by atoms with Crippen molar-refractivity contribution in [2.75, 3.05) is 0 Å². The Balaban J connectivity index is 1.70. The van der Waals surface area contributed by atoms with Gasteiger partial charge in [-0.3, -0.25) is 4.79 Å². The van der Waals surface area contributed by atoms with Crippen LogP contribution in [-0.4, -0.2) is 21.4 Å². The fourth-order valence-corrected chi connectivity index (χ4v) is 4.05. The van der Waals surface area contributed by atoms with Crippen LogP contribution in [0.4, 0.5) is 0 Å². The molecule has 25 heavy (non-hydrogen) atoms. The van der Waals surface area contributed by atoms with Crippen molar-refractivity contribution in [3.8, 4) is 5.00 Å². The highest BCUT2D eigenvalue weighted by Gasteiger charge is 2.28. The van der Waals surface area contributed by atoms with Gasteiger partial charge in [0.15, 0.2) is 0 Å². The Labute approximate surface area is 149 Å². The first-order chi connectivity index (χ1) is 12.2. The van der Waals surface area contributed by atoms with Crippen LogP contribution in [0.5, 0.6) is 0 Å². The maximum atomic E-state index is 12.6. The second-order valence-corrected chi connectivity index (χ2v) is 6.98. The highest BCUT2D eigenvalue weighted by molar-refractivity contribution is 7.13. The Morgan fingerprint density at radius 3 is 2.84 bits per heavy atom. The molecule has 0 saturated carbocycles. The van der Waals surface area contributed by atoms with Gasteiger partial charge >= 0.3 is 0 Å². The van der Waals surface area contributed by atoms with E-state index < -0.39 is 0 Å². The monoisotopic (exact) mass is 351 g/mol. The second-order valence-electron chi connectivity index (χ2n) is 6.09. The maximum Gasteiger partial charge on any atom is 0.254 e. The van der Waals surface area contributed by atoms with Gasteiger partial charge in [0.25, 0.3) is 5.91 Å². The minimum atomic E-state index is -0.269. The van der Waals surface area contributed by atoms with Crippen LogP contribution in [0.2, 0.25) is 0 Å². The van der Waals surface area contributed by atoms with Crippen LogP contribution in [0.1, 0.15) is 39.6 Å². The number of thiophene rings is 1. The van der Waals surface area contributed by atoms with E-state index in [2.05, 4.69) is 10.5 Å². The van der Waals surface area contributed by atoms with Gasteiger partial charge in [0.1, 0.15) is 5.00 Å². The first-order valence-corrected chi connectivity index (χ1v) is 8.89. The molecule has 1 aliphatic rings. The lowest BCUT2D eigenvalue weighted by atomic mass is 10.00. The molecule has 4 rings (SSSR count). The van der Waals surface area contributed by atoms with E-state index in [1.807, 2.05) is 65.5 Å². The van der Waals surface area contributed by atoms with E-state index in [0.717, 1.165) is 21.8 Å². The molecule has 1 aromatic carbocycles. The number of oxime groups is 1. The van der Waals surface area contributed by atoms with E-state index in [-0.39, 0.29) is 11.9 Å². The highest BCUT2D eigenvalue weighted by Crippen LogP contribution is 2.32. The van der Waals surface area contributed by atoms with Gasteiger partial charge in [0.2, 0.25) is 0 Å². The van der Waals surface area contributed by atoms with Crippen molar-refractivity contribution in [1.82, 2.24) is 9.88 Å². The van der Waals surface area contributed by atoms with Gasteiger partial charge in [-0.05, 0) is 36.1 Å². The molecule has 3 heterocycles. The molecule has 3 aromatic rings. The topological polar surface area (TPSA) is 66.6 Å². The molecule has 2 N–H and O–H groups in total. The minimum absolute atomic E-state index is 0.105. The minimum Gasteiger partial charge on any atom is -0.411 e. The number of aryl methyl sites for hydroxylation is 1. The number of carbonyl (C=O) groups is 1. The van der Waals surface area contributed by atoms with E-state index in [0.29, 0.717) is 17.7 Å². The smallest absolute Gasteiger partial charge is 0.254 e. The van der Waals surface area contributed by atoms with Crippen LogP contribution in [0.25, 0.3) is 5.00 Å². The van der Waals surface area contributed by atoms with Crippen molar-refractivity contribution >= 4 is 23.0 Å². The molecule has 0 radical (unpaired) electrons. The highest BCUT2D eigenvalue weighted by atomic mass is 32.1. The van der Waals surface area contributed by atoms with Crippen LogP contribution in [0.3, 0.4) is 0 Å². The number of fused-ring (bicyclic) bond motifs is 3. The van der Waals surface area contributed by atoms with Gasteiger partial charge in [-0.1, -0.05) is 35.0 Å². The Bertz CT molecular complexity index is 953. The van der Waals surface area contributed by atoms with Gasteiger partial charge in [0.05, 0.1) is 17.3 Å². The second kappa shape index (κ2) is 6.22. The molecule has 2 aromatic heterocycles. The van der Waals surface area contributed by atoms with Crippen molar-refractivity contribution in [1.29, 1.82) is 0 Å². The van der Waals surface area contributed by atoms with Gasteiger partial charge in [-0.15, -0.1) is 11.3 Å². The summed E-state index contributed by atoms with van der Waals surface area (Å²) >= 11 is 1.54. The average molecular weight is 351 g/mol. The molecular formula is C19H17N3O2S. The molecule has 0 saturated heterocycles. The first-order valence-electron chi connectivity index (χ1n) is 8.01. The number of aromatic nitrogens is 1. The molecule has 1 amide bonds. The van der Waals surface area contributed by atoms with Crippen LogP contribution in [-0.2, 0) is 0 Å². The van der Waals surface area contributed by atoms with Gasteiger partial charge in [0, 0.05) is 18.3 Å². The zero-order valence-corrected chi connectivity index (χ0v) is 14.5. The molecular weight excluding hydrogens is 334 g/mol. The number of rotatable bonds is 3. The number of amides is 1. The summed E-state index contributed by atoms with van der Waals surface area (Å²) in [5.41, 5.74) is 4.18. The first kappa shape index (κ1) is 15.7. The maximum absolute atomic E-state index is 12.6. The van der Waals surface area contributed by atoms with E-state index in [9.17, 15) is 10.0 Å². The summed E-state index contributed by atoms with van der Waals surface area (Å²) in [5.74, 6) is -0.105. The van der Waals surface area contributed by atoms with Gasteiger partial charge in [-0.2, -0.15) is 0 Å². The number of nitrogens with one attached hydrogen (secondary N) is 1. The van der Waals surface area contributed by atoms with Gasteiger partial charge < -0.3 is 15.1 Å². The van der Waals surface area contributed by atoms with E-state index >= 15 is 0 Å². The lowest BCUT2D eigenvalue weighted by molar-refractivity contribution is 0.0940. The number of carbonyl (C=O) groups excluding carboxylic acids is 1. The summed E-state index contributed by atoms with van der Waals surface area (Å²) in [7, 11) is 0. The molecule has 0 bridgehead atoms. The largest absolute Gasteiger partial charge is 0.411 e. The predicted molar refractivity (Wildman–Crippen MR) is 98.0 cm³/mol. The molecule has 0 spiro atoms. The number of benzene rings is 1. The third-order valence-corrected chi connectivity index (χ3v) is 5.37. The molecule has 1 aliphatic heterocycles. The molecule has 5 nitrogen and oxygen atoms in total. The molecule has 0 aliphatic carbocycles. The van der Waals surface area contributed by atoms with Crippen LogP contribution < -0.4 is 5.32 Å². The number of hydrogen-bond donors (Lipinski definition) is 2. The van der Waals surface area contributed by atoms with Crippen molar-refractivity contribution in [3.05, 3.63) is 76.4 Å². The zero-order valence-electron chi connectivity index (χ0n) is 13.6. The summed E-state index contributed by atoms with van der Waals surface area (Å²) in [5, 5.41) is 18.9. The number of hydrogen-bond acceptors (Lipinski definition) is 4. The molecule has 1 atom stereocenters. The standard InChI is InChI=1S/C19H17N3O2S/c1-12-4-6-13(7-5-12)15(21-24)11-16-17-3-2-9-22(17)19-14(8-10-25-19)18(23)20-16/h2-10,16,24H,11H2,1H3,(H,20,23)/b21-15+. The van der Waals surface area contributed by atoms with E-state index in [1.54, 1.807) is 0 Å². The van der Waals surface area contributed by atoms with Gasteiger partial charge in [-0.25, -0.2) is 0 Å². The van der Waals surface area contributed by atoms with E-state index in [1.165, 1.54) is 11.3 Å². The summed E-state index contributed by atoms with van der Waals surface area (Å²) in [6.07, 6.45) is 2.36. The predicted octanol–water partition coefficient (Wildman–Crippen LogP) is 3.90. The molecule has 1 unspecified atom stereocenters. The normalized spacial score (nSPS) is 16.8. The van der Waals surface area contributed by atoms with Crippen LogP contribution in [0.15, 0.2) is 59.2 Å². The van der Waals surface area contributed by atoms with Crippen LogP contribution >= 0.6 is 11.3 Å². The summed E-state index contributed by atoms with van der Waals surface area (Å²) < 4.78 is 2.03. The fraction of sp³-hybridized carbons (Fsp3) is 0.158. The Kier molecular flexibility index (Phi) is 3.89. The molecule has 6 heteroatoms.